The number of hydrogen-bond donors (Lipinski definition) is 1. The fourth-order valence-corrected chi connectivity index (χ4v) is 1.48. The van der Waals surface area contributed by atoms with Crippen molar-refractivity contribution >= 4 is 11.7 Å². The Kier molecular flexibility index (Phi) is 5.66. The van der Waals surface area contributed by atoms with E-state index in [1.54, 1.807) is 0 Å². The van der Waals surface area contributed by atoms with E-state index in [1.807, 2.05) is 6.92 Å². The highest BCUT2D eigenvalue weighted by atomic mass is 19.4. The molecule has 0 aliphatic heterocycles. The second kappa shape index (κ2) is 7.02. The largest absolute Gasteiger partial charge is 0.484 e. The molecule has 0 saturated carbocycles. The lowest BCUT2D eigenvalue weighted by Gasteiger charge is -2.16. The third-order valence-corrected chi connectivity index (χ3v) is 2.49. The molecule has 1 aromatic rings. The highest BCUT2D eigenvalue weighted by Gasteiger charge is 2.28. The zero-order valence-electron chi connectivity index (χ0n) is 11.2. The van der Waals surface area contributed by atoms with Gasteiger partial charge in [-0.05, 0) is 30.7 Å². The highest BCUT2D eigenvalue weighted by molar-refractivity contribution is 5.79. The van der Waals surface area contributed by atoms with Gasteiger partial charge in [-0.15, -0.1) is 0 Å². The lowest BCUT2D eigenvalue weighted by Crippen LogP contribution is -2.29. The number of anilines is 1. The van der Waals surface area contributed by atoms with Gasteiger partial charge < -0.3 is 14.8 Å². The van der Waals surface area contributed by atoms with Crippen molar-refractivity contribution in [3.05, 3.63) is 24.3 Å². The molecule has 1 rings (SSSR count). The maximum absolute atomic E-state index is 12.0. The molecule has 20 heavy (non-hydrogen) atoms. The Morgan fingerprint density at radius 2 is 1.90 bits per heavy atom. The van der Waals surface area contributed by atoms with Gasteiger partial charge in [0.15, 0.2) is 6.61 Å². The van der Waals surface area contributed by atoms with Crippen molar-refractivity contribution in [2.75, 3.05) is 19.0 Å². The van der Waals surface area contributed by atoms with E-state index in [9.17, 15) is 18.0 Å². The summed E-state index contributed by atoms with van der Waals surface area (Å²) >= 11 is 0. The molecule has 1 atom stereocenters. The highest BCUT2D eigenvalue weighted by Crippen LogP contribution is 2.20. The van der Waals surface area contributed by atoms with Crippen LogP contribution in [0.2, 0.25) is 0 Å². The van der Waals surface area contributed by atoms with Crippen molar-refractivity contribution in [2.45, 2.75) is 25.6 Å². The van der Waals surface area contributed by atoms with Gasteiger partial charge in [-0.3, -0.25) is 0 Å². The van der Waals surface area contributed by atoms with Crippen LogP contribution in [0.15, 0.2) is 24.3 Å². The summed E-state index contributed by atoms with van der Waals surface area (Å²) in [7, 11) is 1.29. The van der Waals surface area contributed by atoms with Crippen LogP contribution in [0.1, 0.15) is 13.3 Å². The maximum atomic E-state index is 12.0. The lowest BCUT2D eigenvalue weighted by atomic mass is 10.2. The van der Waals surface area contributed by atoms with E-state index in [0.717, 1.165) is 0 Å². The van der Waals surface area contributed by atoms with Crippen molar-refractivity contribution in [3.8, 4) is 5.75 Å². The number of rotatable bonds is 6. The normalized spacial score (nSPS) is 12.7. The van der Waals surface area contributed by atoms with Crippen LogP contribution in [0.4, 0.5) is 18.9 Å². The molecule has 0 radical (unpaired) electrons. The average Bonchev–Trinajstić information content (AvgIpc) is 2.42. The number of esters is 1. The third kappa shape index (κ3) is 5.38. The van der Waals surface area contributed by atoms with Gasteiger partial charge in [0.2, 0.25) is 0 Å². The molecule has 0 saturated heterocycles. The minimum absolute atomic E-state index is 0.110. The van der Waals surface area contributed by atoms with Crippen LogP contribution in [-0.2, 0) is 9.53 Å². The van der Waals surface area contributed by atoms with Gasteiger partial charge in [-0.2, -0.15) is 13.2 Å². The maximum Gasteiger partial charge on any atom is 0.422 e. The fraction of sp³-hybridized carbons (Fsp3) is 0.462. The van der Waals surface area contributed by atoms with Gasteiger partial charge >= 0.3 is 12.1 Å². The first kappa shape index (κ1) is 16.1. The predicted molar refractivity (Wildman–Crippen MR) is 67.7 cm³/mol. The Morgan fingerprint density at radius 3 is 2.35 bits per heavy atom. The van der Waals surface area contributed by atoms with Crippen LogP contribution >= 0.6 is 0 Å². The van der Waals surface area contributed by atoms with Crippen molar-refractivity contribution in [2.24, 2.45) is 0 Å². The third-order valence-electron chi connectivity index (χ3n) is 2.49. The van der Waals surface area contributed by atoms with E-state index in [4.69, 9.17) is 0 Å². The summed E-state index contributed by atoms with van der Waals surface area (Å²) in [4.78, 5) is 11.4. The minimum atomic E-state index is -4.37. The molecule has 1 N–H and O–H groups in total. The Morgan fingerprint density at radius 1 is 1.30 bits per heavy atom. The van der Waals surface area contributed by atoms with Crippen LogP contribution in [0, 0.1) is 0 Å². The van der Waals surface area contributed by atoms with Crippen molar-refractivity contribution < 1.29 is 27.4 Å². The van der Waals surface area contributed by atoms with Gasteiger partial charge in [-0.25, -0.2) is 4.79 Å². The van der Waals surface area contributed by atoms with E-state index in [2.05, 4.69) is 14.8 Å². The van der Waals surface area contributed by atoms with E-state index in [0.29, 0.717) is 12.1 Å². The molecule has 0 aliphatic rings. The second-order valence-electron chi connectivity index (χ2n) is 4.06. The molecule has 0 spiro atoms. The molecular formula is C13H16F3NO3. The van der Waals surface area contributed by atoms with E-state index < -0.39 is 24.8 Å². The molecule has 4 nitrogen and oxygen atoms in total. The SMILES string of the molecule is CCC(Nc1ccc(OCC(F)(F)F)cc1)C(=O)OC. The van der Waals surface area contributed by atoms with Gasteiger partial charge in [0, 0.05) is 5.69 Å². The van der Waals surface area contributed by atoms with Crippen molar-refractivity contribution in [1.82, 2.24) is 0 Å². The first-order chi connectivity index (χ1) is 9.35. The molecule has 0 amide bonds. The topological polar surface area (TPSA) is 47.6 Å². The quantitative estimate of drug-likeness (QED) is 0.819. The second-order valence-corrected chi connectivity index (χ2v) is 4.06. The molecule has 0 aromatic heterocycles. The molecule has 1 unspecified atom stereocenters. The van der Waals surface area contributed by atoms with Crippen LogP contribution in [0.25, 0.3) is 0 Å². The van der Waals surface area contributed by atoms with Gasteiger partial charge in [0.1, 0.15) is 11.8 Å². The smallest absolute Gasteiger partial charge is 0.422 e. The van der Waals surface area contributed by atoms with Crippen LogP contribution in [0.3, 0.4) is 0 Å². The molecule has 0 fully saturated rings. The summed E-state index contributed by atoms with van der Waals surface area (Å²) in [6.45, 7) is 0.481. The van der Waals surface area contributed by atoms with Gasteiger partial charge in [-0.1, -0.05) is 6.92 Å². The summed E-state index contributed by atoms with van der Waals surface area (Å²) in [6, 6.07) is 5.38. The number of hydrogen-bond acceptors (Lipinski definition) is 4. The monoisotopic (exact) mass is 291 g/mol. The summed E-state index contributed by atoms with van der Waals surface area (Å²) < 4.78 is 45.1. The number of alkyl halides is 3. The minimum Gasteiger partial charge on any atom is -0.484 e. The Hall–Kier alpha value is -1.92. The fourth-order valence-electron chi connectivity index (χ4n) is 1.48. The number of methoxy groups -OCH3 is 1. The lowest BCUT2D eigenvalue weighted by molar-refractivity contribution is -0.153. The van der Waals surface area contributed by atoms with Gasteiger partial charge in [0.05, 0.1) is 7.11 Å². The predicted octanol–water partition coefficient (Wildman–Crippen LogP) is 2.99. The molecule has 7 heteroatoms. The average molecular weight is 291 g/mol. The number of carbonyl (C=O) groups excluding carboxylic acids is 1. The molecule has 0 aliphatic carbocycles. The number of carbonyl (C=O) groups is 1. The Bertz CT molecular complexity index is 431. The molecular weight excluding hydrogens is 275 g/mol. The van der Waals surface area contributed by atoms with Gasteiger partial charge in [0.25, 0.3) is 0 Å². The standard InChI is InChI=1S/C13H16F3NO3/c1-3-11(12(18)19-2)17-9-4-6-10(7-5-9)20-8-13(14,15)16/h4-7,11,17H,3,8H2,1-2H3. The van der Waals surface area contributed by atoms with E-state index in [-0.39, 0.29) is 5.75 Å². The van der Waals surface area contributed by atoms with Crippen molar-refractivity contribution in [1.29, 1.82) is 0 Å². The van der Waals surface area contributed by atoms with E-state index >= 15 is 0 Å². The molecule has 1 aromatic carbocycles. The van der Waals surface area contributed by atoms with Crippen molar-refractivity contribution in [3.63, 3.8) is 0 Å². The van der Waals surface area contributed by atoms with Crippen LogP contribution in [0.5, 0.6) is 5.75 Å². The first-order valence-electron chi connectivity index (χ1n) is 5.99. The first-order valence-corrected chi connectivity index (χ1v) is 5.99. The summed E-state index contributed by atoms with van der Waals surface area (Å²) in [5, 5.41) is 2.93. The molecule has 112 valence electrons. The number of halogens is 3. The molecule has 0 bridgehead atoms. The number of ether oxygens (including phenoxy) is 2. The zero-order chi connectivity index (χ0) is 15.2. The van der Waals surface area contributed by atoms with Crippen LogP contribution < -0.4 is 10.1 Å². The molecule has 0 heterocycles. The summed E-state index contributed by atoms with van der Waals surface area (Å²) in [5.74, 6) is -0.288. The van der Waals surface area contributed by atoms with E-state index in [1.165, 1.54) is 31.4 Å². The number of benzene rings is 1. The zero-order valence-corrected chi connectivity index (χ0v) is 11.2. The Labute approximate surface area is 114 Å². The number of nitrogens with one attached hydrogen (secondary N) is 1. The summed E-state index contributed by atoms with van der Waals surface area (Å²) in [5.41, 5.74) is 0.599. The van der Waals surface area contributed by atoms with Crippen LogP contribution in [-0.4, -0.2) is 31.9 Å². The summed E-state index contributed by atoms with van der Waals surface area (Å²) in [6.07, 6.45) is -3.84. The Balaban J connectivity index is 2.60.